The number of hydrogen-bond donors (Lipinski definition) is 1. The van der Waals surface area contributed by atoms with Crippen LogP contribution in [0.4, 0.5) is 0 Å². The molecule has 0 aliphatic rings. The summed E-state index contributed by atoms with van der Waals surface area (Å²) in [6.45, 7) is 0.0433. The fourth-order valence-corrected chi connectivity index (χ4v) is 3.76. The van der Waals surface area contributed by atoms with E-state index in [0.717, 1.165) is 5.56 Å². The van der Waals surface area contributed by atoms with Crippen LogP contribution in [0, 0.1) is 0 Å². The topological polar surface area (TPSA) is 73.9 Å². The molecular weight excluding hydrogens is 366 g/mol. The van der Waals surface area contributed by atoms with Crippen LogP contribution >= 0.6 is 11.6 Å². The number of rotatable bonds is 8. The summed E-state index contributed by atoms with van der Waals surface area (Å²) in [6, 6.07) is 11.7. The summed E-state index contributed by atoms with van der Waals surface area (Å²) in [5, 5.41) is 0.303. The van der Waals surface area contributed by atoms with Crippen molar-refractivity contribution in [2.45, 2.75) is 11.0 Å². The maximum absolute atomic E-state index is 12.6. The smallest absolute Gasteiger partial charge is 0.244 e. The highest BCUT2D eigenvalue weighted by Gasteiger charge is 2.22. The fourth-order valence-electron chi connectivity index (χ4n) is 2.30. The Bertz CT molecular complexity index is 826. The summed E-state index contributed by atoms with van der Waals surface area (Å²) in [5.41, 5.74) is 0.794. The third-order valence-corrected chi connectivity index (χ3v) is 5.30. The number of methoxy groups -OCH3 is 3. The van der Waals surface area contributed by atoms with Gasteiger partial charge in [0.15, 0.2) is 0 Å². The van der Waals surface area contributed by atoms with Gasteiger partial charge < -0.3 is 14.2 Å². The number of halogens is 1. The maximum Gasteiger partial charge on any atom is 0.244 e. The van der Waals surface area contributed by atoms with Gasteiger partial charge in [0.2, 0.25) is 10.0 Å². The van der Waals surface area contributed by atoms with E-state index in [1.165, 1.54) is 26.4 Å². The Hall–Kier alpha value is -1.80. The third-order valence-electron chi connectivity index (χ3n) is 3.62. The fraction of sp³-hybridized carbons (Fsp3) is 0.294. The van der Waals surface area contributed by atoms with Crippen LogP contribution in [0.15, 0.2) is 47.4 Å². The predicted molar refractivity (Wildman–Crippen MR) is 95.9 cm³/mol. The average molecular weight is 386 g/mol. The number of benzene rings is 2. The van der Waals surface area contributed by atoms with Crippen molar-refractivity contribution >= 4 is 21.6 Å². The van der Waals surface area contributed by atoms with Gasteiger partial charge in [-0.3, -0.25) is 0 Å². The van der Waals surface area contributed by atoms with Crippen LogP contribution in [0.1, 0.15) is 11.7 Å². The molecule has 0 aliphatic carbocycles. The first-order valence-corrected chi connectivity index (χ1v) is 9.27. The molecular formula is C17H20ClNO5S. The van der Waals surface area contributed by atoms with Gasteiger partial charge in [-0.15, -0.1) is 0 Å². The molecule has 1 atom stereocenters. The van der Waals surface area contributed by atoms with Crippen LogP contribution in [-0.2, 0) is 14.8 Å². The van der Waals surface area contributed by atoms with Crippen LogP contribution in [0.5, 0.6) is 11.5 Å². The van der Waals surface area contributed by atoms with Crippen LogP contribution in [-0.4, -0.2) is 36.3 Å². The zero-order chi connectivity index (χ0) is 18.4. The lowest BCUT2D eigenvalue weighted by molar-refractivity contribution is 0.107. The zero-order valence-electron chi connectivity index (χ0n) is 14.2. The molecule has 1 unspecified atom stereocenters. The highest BCUT2D eigenvalue weighted by molar-refractivity contribution is 7.89. The molecule has 8 heteroatoms. The van der Waals surface area contributed by atoms with E-state index >= 15 is 0 Å². The monoisotopic (exact) mass is 385 g/mol. The van der Waals surface area contributed by atoms with Crippen molar-refractivity contribution in [3.63, 3.8) is 0 Å². The molecule has 0 heterocycles. The van der Waals surface area contributed by atoms with Crippen molar-refractivity contribution in [1.82, 2.24) is 4.72 Å². The second-order valence-corrected chi connectivity index (χ2v) is 7.32. The first-order chi connectivity index (χ1) is 11.9. The van der Waals surface area contributed by atoms with Crippen molar-refractivity contribution in [1.29, 1.82) is 0 Å². The Morgan fingerprint density at radius 3 is 2.48 bits per heavy atom. The molecule has 2 rings (SSSR count). The molecule has 0 amide bonds. The van der Waals surface area contributed by atoms with Crippen molar-refractivity contribution in [3.05, 3.63) is 53.1 Å². The van der Waals surface area contributed by atoms with E-state index in [0.29, 0.717) is 10.8 Å². The Morgan fingerprint density at radius 2 is 1.84 bits per heavy atom. The molecule has 6 nitrogen and oxygen atoms in total. The lowest BCUT2D eigenvalue weighted by Crippen LogP contribution is -2.29. The molecule has 0 saturated heterocycles. The molecule has 1 N–H and O–H groups in total. The van der Waals surface area contributed by atoms with Gasteiger partial charge in [-0.25, -0.2) is 13.1 Å². The SMILES string of the molecule is COc1cccc(C(CNS(=O)(=O)c2cc(Cl)ccc2OC)OC)c1. The van der Waals surface area contributed by atoms with Crippen LogP contribution in [0.25, 0.3) is 0 Å². The van der Waals surface area contributed by atoms with E-state index in [2.05, 4.69) is 4.72 Å². The summed E-state index contributed by atoms with van der Waals surface area (Å²) in [7, 11) is 0.651. The van der Waals surface area contributed by atoms with E-state index in [1.807, 2.05) is 12.1 Å². The molecule has 0 saturated carbocycles. The molecule has 0 bridgehead atoms. The minimum atomic E-state index is -3.83. The van der Waals surface area contributed by atoms with Gasteiger partial charge in [0.1, 0.15) is 16.4 Å². The quantitative estimate of drug-likeness (QED) is 0.756. The van der Waals surface area contributed by atoms with Gasteiger partial charge in [0.25, 0.3) is 0 Å². The molecule has 0 fully saturated rings. The van der Waals surface area contributed by atoms with Gasteiger partial charge in [0, 0.05) is 18.7 Å². The largest absolute Gasteiger partial charge is 0.497 e. The van der Waals surface area contributed by atoms with Crippen LogP contribution in [0.2, 0.25) is 5.02 Å². The first kappa shape index (κ1) is 19.5. The molecule has 0 spiro atoms. The highest BCUT2D eigenvalue weighted by atomic mass is 35.5. The number of ether oxygens (including phenoxy) is 3. The maximum atomic E-state index is 12.6. The Labute approximate surface area is 152 Å². The average Bonchev–Trinajstić information content (AvgIpc) is 2.62. The first-order valence-electron chi connectivity index (χ1n) is 7.41. The molecule has 136 valence electrons. The van der Waals surface area contributed by atoms with E-state index in [-0.39, 0.29) is 17.2 Å². The minimum Gasteiger partial charge on any atom is -0.497 e. The van der Waals surface area contributed by atoms with Crippen molar-refractivity contribution in [2.24, 2.45) is 0 Å². The second kappa shape index (κ2) is 8.53. The number of sulfonamides is 1. The Kier molecular flexibility index (Phi) is 6.66. The van der Waals surface area contributed by atoms with Crippen molar-refractivity contribution < 1.29 is 22.6 Å². The lowest BCUT2D eigenvalue weighted by Gasteiger charge is -2.18. The summed E-state index contributed by atoms with van der Waals surface area (Å²) in [6.07, 6.45) is -0.477. The predicted octanol–water partition coefficient (Wildman–Crippen LogP) is 3.02. The molecule has 25 heavy (non-hydrogen) atoms. The second-order valence-electron chi connectivity index (χ2n) is 5.15. The van der Waals surface area contributed by atoms with Crippen molar-refractivity contribution in [3.8, 4) is 11.5 Å². The van der Waals surface area contributed by atoms with Gasteiger partial charge in [-0.05, 0) is 35.9 Å². The number of hydrogen-bond acceptors (Lipinski definition) is 5. The summed E-state index contributed by atoms with van der Waals surface area (Å²) in [4.78, 5) is -0.0250. The molecule has 2 aromatic carbocycles. The highest BCUT2D eigenvalue weighted by Crippen LogP contribution is 2.27. The standard InChI is InChI=1S/C17H20ClNO5S/c1-22-14-6-4-5-12(9-14)16(24-3)11-19-25(20,21)17-10-13(18)7-8-15(17)23-2/h4-10,16,19H,11H2,1-3H3. The third kappa shape index (κ3) is 4.85. The van der Waals surface area contributed by atoms with Crippen LogP contribution < -0.4 is 14.2 Å². The normalized spacial score (nSPS) is 12.6. The zero-order valence-corrected chi connectivity index (χ0v) is 15.7. The summed E-state index contributed by atoms with van der Waals surface area (Å²) < 4.78 is 43.4. The lowest BCUT2D eigenvalue weighted by atomic mass is 10.1. The van der Waals surface area contributed by atoms with Crippen molar-refractivity contribution in [2.75, 3.05) is 27.9 Å². The van der Waals surface area contributed by atoms with E-state index in [4.69, 9.17) is 25.8 Å². The summed E-state index contributed by atoms with van der Waals surface area (Å²) >= 11 is 5.91. The van der Waals surface area contributed by atoms with Gasteiger partial charge in [-0.1, -0.05) is 23.7 Å². The van der Waals surface area contributed by atoms with Gasteiger partial charge >= 0.3 is 0 Å². The number of nitrogens with one attached hydrogen (secondary N) is 1. The Morgan fingerprint density at radius 1 is 1.08 bits per heavy atom. The molecule has 0 aromatic heterocycles. The van der Waals surface area contributed by atoms with Crippen LogP contribution in [0.3, 0.4) is 0 Å². The van der Waals surface area contributed by atoms with E-state index in [9.17, 15) is 8.42 Å². The molecule has 0 radical (unpaired) electrons. The summed E-state index contributed by atoms with van der Waals surface area (Å²) in [5.74, 6) is 0.881. The Balaban J connectivity index is 2.21. The molecule has 2 aromatic rings. The van der Waals surface area contributed by atoms with Gasteiger partial charge in [0.05, 0.1) is 20.3 Å². The van der Waals surface area contributed by atoms with E-state index < -0.39 is 16.1 Å². The van der Waals surface area contributed by atoms with E-state index in [1.54, 1.807) is 25.3 Å². The van der Waals surface area contributed by atoms with Gasteiger partial charge in [-0.2, -0.15) is 0 Å². The molecule has 0 aliphatic heterocycles. The minimum absolute atomic E-state index is 0.0250.